The Morgan fingerprint density at radius 2 is 1.96 bits per heavy atom. The van der Waals surface area contributed by atoms with Crippen molar-refractivity contribution in [3.05, 3.63) is 24.0 Å². The van der Waals surface area contributed by atoms with E-state index in [-0.39, 0.29) is 11.1 Å². The Labute approximate surface area is 150 Å². The number of carbonyl (C=O) groups excluding carboxylic acids is 1. The summed E-state index contributed by atoms with van der Waals surface area (Å²) in [6.45, 7) is 2.45. The summed E-state index contributed by atoms with van der Waals surface area (Å²) in [4.78, 5) is 12.3. The number of carbonyl (C=O) groups is 1. The van der Waals surface area contributed by atoms with Gasteiger partial charge in [-0.05, 0) is 19.1 Å². The Morgan fingerprint density at radius 3 is 2.62 bits per heavy atom. The molecule has 0 unspecified atom stereocenters. The van der Waals surface area contributed by atoms with E-state index >= 15 is 0 Å². The first-order valence-corrected chi connectivity index (χ1v) is 8.47. The third-order valence-electron chi connectivity index (χ3n) is 3.55. The molecule has 26 heavy (non-hydrogen) atoms. The maximum absolute atomic E-state index is 12.7. The van der Waals surface area contributed by atoms with E-state index in [0.29, 0.717) is 30.4 Å². The van der Waals surface area contributed by atoms with Gasteiger partial charge in [-0.3, -0.25) is 4.79 Å². The molecular weight excluding hydrogens is 373 g/mol. The van der Waals surface area contributed by atoms with E-state index in [1.165, 1.54) is 7.05 Å². The smallest absolute Gasteiger partial charge is 0.451 e. The summed E-state index contributed by atoms with van der Waals surface area (Å²) in [5.74, 6) is -0.379. The molecule has 1 amide bonds. The van der Waals surface area contributed by atoms with Crippen LogP contribution < -0.4 is 14.8 Å². The molecule has 1 aliphatic rings. The van der Waals surface area contributed by atoms with Crippen molar-refractivity contribution in [2.45, 2.75) is 23.5 Å². The van der Waals surface area contributed by atoms with E-state index < -0.39 is 17.3 Å². The highest BCUT2D eigenvalue weighted by molar-refractivity contribution is 8.00. The summed E-state index contributed by atoms with van der Waals surface area (Å²) in [7, 11) is 1.20. The lowest BCUT2D eigenvalue weighted by molar-refractivity contribution is -0.147. The van der Waals surface area contributed by atoms with Gasteiger partial charge in [-0.15, -0.1) is 10.2 Å². The number of halogens is 3. The highest BCUT2D eigenvalue weighted by Gasteiger charge is 2.37. The molecule has 1 atom stereocenters. The molecule has 1 aromatic heterocycles. The Morgan fingerprint density at radius 1 is 1.27 bits per heavy atom. The van der Waals surface area contributed by atoms with Crippen molar-refractivity contribution in [1.29, 1.82) is 0 Å². The monoisotopic (exact) mass is 388 g/mol. The van der Waals surface area contributed by atoms with Gasteiger partial charge in [0.1, 0.15) is 13.2 Å². The minimum atomic E-state index is -4.60. The molecule has 0 aliphatic carbocycles. The number of alkyl halides is 3. The van der Waals surface area contributed by atoms with Gasteiger partial charge >= 0.3 is 6.18 Å². The first-order chi connectivity index (χ1) is 12.3. The molecule has 2 aromatic rings. The summed E-state index contributed by atoms with van der Waals surface area (Å²) < 4.78 is 49.9. The number of amides is 1. The topological polar surface area (TPSA) is 78.3 Å². The van der Waals surface area contributed by atoms with Gasteiger partial charge < -0.3 is 19.4 Å². The maximum atomic E-state index is 12.7. The van der Waals surface area contributed by atoms with Gasteiger partial charge in [-0.2, -0.15) is 13.2 Å². The highest BCUT2D eigenvalue weighted by atomic mass is 32.2. The molecule has 7 nitrogen and oxygen atoms in total. The van der Waals surface area contributed by atoms with E-state index in [9.17, 15) is 18.0 Å². The predicted octanol–water partition coefficient (Wildman–Crippen LogP) is 2.72. The minimum absolute atomic E-state index is 0.00199. The summed E-state index contributed by atoms with van der Waals surface area (Å²) in [6.07, 6.45) is -4.60. The lowest BCUT2D eigenvalue weighted by Crippen LogP contribution is -2.23. The molecule has 1 aromatic carbocycles. The summed E-state index contributed by atoms with van der Waals surface area (Å²) in [6, 6.07) is 4.97. The normalized spacial score (nSPS) is 14.8. The van der Waals surface area contributed by atoms with E-state index in [0.717, 1.165) is 16.3 Å². The van der Waals surface area contributed by atoms with Crippen LogP contribution in [0.3, 0.4) is 0 Å². The molecule has 1 aliphatic heterocycles. The third kappa shape index (κ3) is 3.87. The van der Waals surface area contributed by atoms with Crippen molar-refractivity contribution in [1.82, 2.24) is 14.8 Å². The van der Waals surface area contributed by atoms with Crippen LogP contribution in [0, 0.1) is 0 Å². The first kappa shape index (κ1) is 18.4. The second kappa shape index (κ2) is 7.06. The molecule has 0 saturated carbocycles. The molecule has 2 heterocycles. The molecule has 0 fully saturated rings. The van der Waals surface area contributed by atoms with Gasteiger partial charge in [0.25, 0.3) is 0 Å². The lowest BCUT2D eigenvalue weighted by atomic mass is 10.2. The van der Waals surface area contributed by atoms with Crippen LogP contribution in [-0.2, 0) is 18.0 Å². The van der Waals surface area contributed by atoms with Gasteiger partial charge in [0.05, 0.1) is 5.25 Å². The fourth-order valence-electron chi connectivity index (χ4n) is 2.24. The third-order valence-corrected chi connectivity index (χ3v) is 4.68. The second-order valence-corrected chi connectivity index (χ2v) is 6.78. The number of hydrogen-bond donors (Lipinski definition) is 1. The van der Waals surface area contributed by atoms with Gasteiger partial charge in [-0.1, -0.05) is 11.8 Å². The Kier molecular flexibility index (Phi) is 4.99. The largest absolute Gasteiger partial charge is 0.486 e. The fourth-order valence-corrected chi connectivity index (χ4v) is 3.06. The number of nitrogens with one attached hydrogen (secondary N) is 1. The minimum Gasteiger partial charge on any atom is -0.486 e. The number of thioether (sulfide) groups is 1. The molecule has 0 radical (unpaired) electrons. The average molecular weight is 388 g/mol. The quantitative estimate of drug-likeness (QED) is 0.812. The number of fused-ring (bicyclic) bond motifs is 1. The van der Waals surface area contributed by atoms with Gasteiger partial charge in [0.15, 0.2) is 16.7 Å². The van der Waals surface area contributed by atoms with Crippen molar-refractivity contribution in [3.63, 3.8) is 0 Å². The Hall–Kier alpha value is -2.43. The standard InChI is InChI=1S/C15H15F3N4O3S/c1-8(26-14-21-20-13(22(14)2)15(16,17)18)12(23)19-9-3-4-10-11(7-9)25-6-5-24-10/h3-4,7-8H,5-6H2,1-2H3,(H,19,23)/t8-/m0/s1. The van der Waals surface area contributed by atoms with Crippen molar-refractivity contribution < 1.29 is 27.4 Å². The van der Waals surface area contributed by atoms with Crippen molar-refractivity contribution in [2.24, 2.45) is 7.05 Å². The molecular formula is C15H15F3N4O3S. The molecule has 3 rings (SSSR count). The Balaban J connectivity index is 1.66. The Bertz CT molecular complexity index is 825. The van der Waals surface area contributed by atoms with Crippen molar-refractivity contribution in [3.8, 4) is 11.5 Å². The first-order valence-electron chi connectivity index (χ1n) is 7.59. The molecule has 1 N–H and O–H groups in total. The van der Waals surface area contributed by atoms with Crippen LogP contribution in [0.4, 0.5) is 18.9 Å². The number of anilines is 1. The summed E-state index contributed by atoms with van der Waals surface area (Å²) >= 11 is 0.885. The number of hydrogen-bond acceptors (Lipinski definition) is 6. The van der Waals surface area contributed by atoms with Crippen LogP contribution in [0.15, 0.2) is 23.4 Å². The van der Waals surface area contributed by atoms with E-state index in [1.54, 1.807) is 25.1 Å². The van der Waals surface area contributed by atoms with Crippen molar-refractivity contribution in [2.75, 3.05) is 18.5 Å². The summed E-state index contributed by atoms with van der Waals surface area (Å²) in [5, 5.41) is 8.65. The van der Waals surface area contributed by atoms with Crippen LogP contribution >= 0.6 is 11.8 Å². The number of aromatic nitrogens is 3. The lowest BCUT2D eigenvalue weighted by Gasteiger charge is -2.19. The van der Waals surface area contributed by atoms with Crippen LogP contribution in [-0.4, -0.2) is 39.1 Å². The predicted molar refractivity (Wildman–Crippen MR) is 87.4 cm³/mol. The van der Waals surface area contributed by atoms with E-state index in [1.807, 2.05) is 0 Å². The van der Waals surface area contributed by atoms with Crippen molar-refractivity contribution >= 4 is 23.4 Å². The van der Waals surface area contributed by atoms with Gasteiger partial charge in [0.2, 0.25) is 11.7 Å². The molecule has 0 spiro atoms. The maximum Gasteiger partial charge on any atom is 0.451 e. The van der Waals surface area contributed by atoms with E-state index in [4.69, 9.17) is 9.47 Å². The van der Waals surface area contributed by atoms with Crippen LogP contribution in [0.1, 0.15) is 12.7 Å². The zero-order valence-corrected chi connectivity index (χ0v) is 14.6. The van der Waals surface area contributed by atoms with Gasteiger partial charge in [-0.25, -0.2) is 0 Å². The fraction of sp³-hybridized carbons (Fsp3) is 0.400. The number of benzene rings is 1. The molecule has 140 valence electrons. The van der Waals surface area contributed by atoms with Gasteiger partial charge in [0, 0.05) is 18.8 Å². The SMILES string of the molecule is C[C@H](Sc1nnc(C(F)(F)F)n1C)C(=O)Nc1ccc2c(c1)OCCO2. The number of nitrogens with zero attached hydrogens (tertiary/aromatic N) is 3. The van der Waals surface area contributed by atoms with Crippen LogP contribution in [0.25, 0.3) is 0 Å². The average Bonchev–Trinajstić information content (AvgIpc) is 2.95. The van der Waals surface area contributed by atoms with E-state index in [2.05, 4.69) is 15.5 Å². The number of rotatable bonds is 4. The molecule has 11 heteroatoms. The number of ether oxygens (including phenoxy) is 2. The summed E-state index contributed by atoms with van der Waals surface area (Å²) in [5.41, 5.74) is 0.501. The zero-order valence-electron chi connectivity index (χ0n) is 13.8. The van der Waals surface area contributed by atoms with Crippen LogP contribution in [0.5, 0.6) is 11.5 Å². The highest BCUT2D eigenvalue weighted by Crippen LogP contribution is 2.33. The zero-order chi connectivity index (χ0) is 18.9. The molecule has 0 saturated heterocycles. The second-order valence-electron chi connectivity index (χ2n) is 5.47. The molecule has 0 bridgehead atoms. The van der Waals surface area contributed by atoms with Crippen LogP contribution in [0.2, 0.25) is 0 Å².